The van der Waals surface area contributed by atoms with Gasteiger partial charge in [0.05, 0.1) is 18.8 Å². The molecule has 2 fully saturated rings. The molecule has 1 amide bonds. The largest absolute Gasteiger partial charge is 0.347 e. The van der Waals surface area contributed by atoms with Gasteiger partial charge in [-0.3, -0.25) is 4.79 Å². The second kappa shape index (κ2) is 7.25. The fourth-order valence-electron chi connectivity index (χ4n) is 3.53. The Hall–Kier alpha value is -2.51. The van der Waals surface area contributed by atoms with Gasteiger partial charge in [0.25, 0.3) is 5.91 Å². The molecule has 0 bridgehead atoms. The number of hydrogen-bond acceptors (Lipinski definition) is 6. The van der Waals surface area contributed by atoms with E-state index in [1.54, 1.807) is 12.4 Å². The van der Waals surface area contributed by atoms with Gasteiger partial charge < -0.3 is 19.7 Å². The number of anilines is 2. The van der Waals surface area contributed by atoms with Crippen molar-refractivity contribution in [1.82, 2.24) is 14.9 Å². The van der Waals surface area contributed by atoms with E-state index < -0.39 is 5.79 Å². The third kappa shape index (κ3) is 3.65. The molecular formula is C20H24N4O3. The van der Waals surface area contributed by atoms with Gasteiger partial charge in [-0.2, -0.15) is 0 Å². The molecule has 1 aromatic carbocycles. The number of rotatable bonds is 3. The maximum Gasteiger partial charge on any atom is 0.256 e. The Kier molecular flexibility index (Phi) is 4.80. The van der Waals surface area contributed by atoms with Crippen LogP contribution >= 0.6 is 0 Å². The third-order valence-electron chi connectivity index (χ3n) is 5.38. The maximum atomic E-state index is 12.7. The van der Waals surface area contributed by atoms with Gasteiger partial charge in [-0.05, 0) is 31.0 Å². The number of amides is 1. The zero-order valence-electron chi connectivity index (χ0n) is 15.7. The second-order valence-electron chi connectivity index (χ2n) is 7.07. The van der Waals surface area contributed by atoms with E-state index in [-0.39, 0.29) is 5.91 Å². The highest BCUT2D eigenvalue weighted by Gasteiger charge is 2.40. The highest BCUT2D eigenvalue weighted by Crippen LogP contribution is 2.31. The van der Waals surface area contributed by atoms with Gasteiger partial charge in [0.1, 0.15) is 0 Å². The van der Waals surface area contributed by atoms with Gasteiger partial charge in [0, 0.05) is 44.0 Å². The van der Waals surface area contributed by atoms with Crippen molar-refractivity contribution in [3.63, 3.8) is 0 Å². The van der Waals surface area contributed by atoms with Crippen molar-refractivity contribution in [2.24, 2.45) is 0 Å². The van der Waals surface area contributed by atoms with Gasteiger partial charge in [-0.15, -0.1) is 0 Å². The molecule has 0 unspecified atom stereocenters. The maximum absolute atomic E-state index is 12.7. The number of aromatic nitrogens is 2. The van der Waals surface area contributed by atoms with Crippen molar-refractivity contribution in [1.29, 1.82) is 0 Å². The Morgan fingerprint density at radius 2 is 1.78 bits per heavy atom. The standard InChI is InChI=1S/C20H24N4O3/c1-14-4-3-5-17(15(14)2)23-19-21-12-16(13-22-19)18(25)24-8-6-20(7-9-24)26-10-11-27-20/h3-5,12-13H,6-11H2,1-2H3,(H,21,22,23). The molecule has 1 aromatic heterocycles. The van der Waals surface area contributed by atoms with Gasteiger partial charge in [-0.25, -0.2) is 9.97 Å². The molecule has 7 heteroatoms. The zero-order chi connectivity index (χ0) is 18.9. The molecule has 0 radical (unpaired) electrons. The highest BCUT2D eigenvalue weighted by molar-refractivity contribution is 5.93. The average molecular weight is 368 g/mol. The van der Waals surface area contributed by atoms with Crippen LogP contribution in [0, 0.1) is 13.8 Å². The van der Waals surface area contributed by atoms with E-state index in [1.165, 1.54) is 5.56 Å². The van der Waals surface area contributed by atoms with Crippen LogP contribution in [0.25, 0.3) is 0 Å². The van der Waals surface area contributed by atoms with Crippen LogP contribution in [0.3, 0.4) is 0 Å². The van der Waals surface area contributed by atoms with Crippen LogP contribution in [0.2, 0.25) is 0 Å². The number of carbonyl (C=O) groups excluding carboxylic acids is 1. The summed E-state index contributed by atoms with van der Waals surface area (Å²) >= 11 is 0. The smallest absolute Gasteiger partial charge is 0.256 e. The number of benzene rings is 1. The Morgan fingerprint density at radius 1 is 1.11 bits per heavy atom. The average Bonchev–Trinajstić information content (AvgIpc) is 3.14. The minimum absolute atomic E-state index is 0.0545. The van der Waals surface area contributed by atoms with Crippen molar-refractivity contribution >= 4 is 17.5 Å². The van der Waals surface area contributed by atoms with Crippen LogP contribution in [0.5, 0.6) is 0 Å². The van der Waals surface area contributed by atoms with Gasteiger partial charge in [0.2, 0.25) is 5.95 Å². The molecular weight excluding hydrogens is 344 g/mol. The summed E-state index contributed by atoms with van der Waals surface area (Å²) < 4.78 is 11.4. The van der Waals surface area contributed by atoms with E-state index in [4.69, 9.17) is 9.47 Å². The van der Waals surface area contributed by atoms with Crippen molar-refractivity contribution in [3.05, 3.63) is 47.3 Å². The van der Waals surface area contributed by atoms with E-state index in [0.29, 0.717) is 50.7 Å². The number of nitrogens with zero attached hydrogens (tertiary/aromatic N) is 3. The molecule has 4 rings (SSSR count). The molecule has 27 heavy (non-hydrogen) atoms. The molecule has 2 aliphatic heterocycles. The molecule has 0 saturated carbocycles. The number of hydrogen-bond donors (Lipinski definition) is 1. The molecule has 7 nitrogen and oxygen atoms in total. The lowest BCUT2D eigenvalue weighted by molar-refractivity contribution is -0.181. The summed E-state index contributed by atoms with van der Waals surface area (Å²) in [5, 5.41) is 3.21. The van der Waals surface area contributed by atoms with E-state index in [0.717, 1.165) is 11.3 Å². The number of ether oxygens (including phenoxy) is 2. The van der Waals surface area contributed by atoms with E-state index >= 15 is 0 Å². The molecule has 0 aliphatic carbocycles. The first-order chi connectivity index (χ1) is 13.1. The number of carbonyl (C=O) groups is 1. The number of piperidine rings is 1. The van der Waals surface area contributed by atoms with Gasteiger partial charge >= 0.3 is 0 Å². The van der Waals surface area contributed by atoms with Crippen molar-refractivity contribution in [2.45, 2.75) is 32.5 Å². The van der Waals surface area contributed by atoms with Crippen LogP contribution < -0.4 is 5.32 Å². The molecule has 2 saturated heterocycles. The van der Waals surface area contributed by atoms with Crippen molar-refractivity contribution in [3.8, 4) is 0 Å². The van der Waals surface area contributed by atoms with Gasteiger partial charge in [0.15, 0.2) is 5.79 Å². The monoisotopic (exact) mass is 368 g/mol. The van der Waals surface area contributed by atoms with E-state index in [2.05, 4.69) is 35.2 Å². The predicted octanol–water partition coefficient (Wildman–Crippen LogP) is 2.82. The Balaban J connectivity index is 1.40. The molecule has 2 aliphatic rings. The van der Waals surface area contributed by atoms with Crippen LogP contribution in [-0.4, -0.2) is 52.9 Å². The number of likely N-dealkylation sites (tertiary alicyclic amines) is 1. The van der Waals surface area contributed by atoms with Gasteiger partial charge in [-0.1, -0.05) is 12.1 Å². The topological polar surface area (TPSA) is 76.6 Å². The summed E-state index contributed by atoms with van der Waals surface area (Å²) in [5.74, 6) is -0.0565. The zero-order valence-corrected chi connectivity index (χ0v) is 15.7. The summed E-state index contributed by atoms with van der Waals surface area (Å²) in [4.78, 5) is 23.2. The second-order valence-corrected chi connectivity index (χ2v) is 7.07. The first kappa shape index (κ1) is 17.9. The quantitative estimate of drug-likeness (QED) is 0.898. The lowest BCUT2D eigenvalue weighted by Gasteiger charge is -2.37. The Morgan fingerprint density at radius 3 is 2.44 bits per heavy atom. The summed E-state index contributed by atoms with van der Waals surface area (Å²) in [6.45, 7) is 6.61. The van der Waals surface area contributed by atoms with Crippen molar-refractivity contribution in [2.75, 3.05) is 31.6 Å². The Labute approximate surface area is 158 Å². The first-order valence-electron chi connectivity index (χ1n) is 9.29. The fraction of sp³-hybridized carbons (Fsp3) is 0.450. The predicted molar refractivity (Wildman–Crippen MR) is 101 cm³/mol. The molecule has 0 atom stereocenters. The lowest BCUT2D eigenvalue weighted by Crippen LogP contribution is -2.47. The van der Waals surface area contributed by atoms with Crippen LogP contribution in [-0.2, 0) is 9.47 Å². The third-order valence-corrected chi connectivity index (χ3v) is 5.38. The molecule has 1 N–H and O–H groups in total. The lowest BCUT2D eigenvalue weighted by atomic mass is 10.0. The van der Waals surface area contributed by atoms with Crippen LogP contribution in [0.1, 0.15) is 34.3 Å². The first-order valence-corrected chi connectivity index (χ1v) is 9.29. The highest BCUT2D eigenvalue weighted by atomic mass is 16.7. The molecule has 3 heterocycles. The summed E-state index contributed by atoms with van der Waals surface area (Å²) in [5.41, 5.74) is 3.81. The summed E-state index contributed by atoms with van der Waals surface area (Å²) in [6.07, 6.45) is 4.56. The summed E-state index contributed by atoms with van der Waals surface area (Å²) in [7, 11) is 0. The van der Waals surface area contributed by atoms with E-state index in [1.807, 2.05) is 17.0 Å². The van der Waals surface area contributed by atoms with Crippen LogP contribution in [0.4, 0.5) is 11.6 Å². The fourth-order valence-corrected chi connectivity index (χ4v) is 3.53. The minimum atomic E-state index is -0.479. The van der Waals surface area contributed by atoms with Crippen molar-refractivity contribution < 1.29 is 14.3 Å². The molecule has 1 spiro atoms. The SMILES string of the molecule is Cc1cccc(Nc2ncc(C(=O)N3CCC4(CC3)OCCO4)cn2)c1C. The minimum Gasteiger partial charge on any atom is -0.347 e. The molecule has 2 aromatic rings. The van der Waals surface area contributed by atoms with E-state index in [9.17, 15) is 4.79 Å². The molecule has 142 valence electrons. The number of aryl methyl sites for hydroxylation is 1. The Bertz CT molecular complexity index is 822. The van der Waals surface area contributed by atoms with Crippen LogP contribution in [0.15, 0.2) is 30.6 Å². The normalized spacial score (nSPS) is 18.7. The number of nitrogens with one attached hydrogen (secondary N) is 1. The summed E-state index contributed by atoms with van der Waals surface area (Å²) in [6, 6.07) is 6.04.